The first-order valence-corrected chi connectivity index (χ1v) is 6.75. The van der Waals surface area contributed by atoms with Crippen molar-refractivity contribution in [2.75, 3.05) is 6.61 Å². The summed E-state index contributed by atoms with van der Waals surface area (Å²) in [5.41, 5.74) is 5.46. The van der Waals surface area contributed by atoms with Crippen molar-refractivity contribution in [2.24, 2.45) is 11.7 Å². The molecule has 2 nitrogen and oxygen atoms in total. The molecule has 0 aliphatic heterocycles. The first kappa shape index (κ1) is 15.8. The number of halogens is 3. The Kier molecular flexibility index (Phi) is 5.46. The molecule has 0 aromatic heterocycles. The van der Waals surface area contributed by atoms with Crippen molar-refractivity contribution < 1.29 is 17.9 Å². The molecule has 2 N–H and O–H groups in total. The largest absolute Gasteiger partial charge is 0.389 e. The van der Waals surface area contributed by atoms with E-state index in [1.807, 2.05) is 6.92 Å². The fraction of sp³-hybridized carbons (Fsp3) is 1.00. The highest BCUT2D eigenvalue weighted by Crippen LogP contribution is 2.38. The minimum atomic E-state index is -4.13. The van der Waals surface area contributed by atoms with Crippen molar-refractivity contribution in [2.45, 2.75) is 70.2 Å². The molecule has 1 atom stereocenters. The number of ether oxygens (including phenoxy) is 1. The van der Waals surface area contributed by atoms with Gasteiger partial charge in [0.05, 0.1) is 5.60 Å². The Morgan fingerprint density at radius 2 is 1.89 bits per heavy atom. The highest BCUT2D eigenvalue weighted by atomic mass is 19.4. The summed E-state index contributed by atoms with van der Waals surface area (Å²) in [5, 5.41) is 0. The lowest BCUT2D eigenvalue weighted by Crippen LogP contribution is -2.52. The molecule has 0 heterocycles. The van der Waals surface area contributed by atoms with E-state index in [1.54, 1.807) is 0 Å². The normalized spacial score (nSPS) is 31.3. The number of rotatable bonds is 5. The van der Waals surface area contributed by atoms with E-state index in [-0.39, 0.29) is 6.42 Å². The number of alkyl halides is 3. The van der Waals surface area contributed by atoms with Gasteiger partial charge in [0.25, 0.3) is 0 Å². The molecule has 0 saturated heterocycles. The van der Waals surface area contributed by atoms with Crippen LogP contribution in [-0.4, -0.2) is 24.4 Å². The third-order valence-electron chi connectivity index (χ3n) is 3.97. The Balaban J connectivity index is 2.60. The highest BCUT2D eigenvalue weighted by molar-refractivity contribution is 4.95. The van der Waals surface area contributed by atoms with Gasteiger partial charge in [-0.1, -0.05) is 6.92 Å². The second-order valence-electron chi connectivity index (χ2n) is 5.44. The van der Waals surface area contributed by atoms with Crippen LogP contribution in [0.15, 0.2) is 0 Å². The van der Waals surface area contributed by atoms with Crippen LogP contribution in [0.2, 0.25) is 0 Å². The SMILES string of the molecule is CCOC1(C(N)CCC(F)(F)F)CCC(C)CC1. The Labute approximate surface area is 107 Å². The summed E-state index contributed by atoms with van der Waals surface area (Å²) >= 11 is 0. The Morgan fingerprint density at radius 3 is 2.33 bits per heavy atom. The average Bonchev–Trinajstić information content (AvgIpc) is 2.28. The van der Waals surface area contributed by atoms with Crippen LogP contribution in [-0.2, 0) is 4.74 Å². The fourth-order valence-electron chi connectivity index (χ4n) is 2.74. The summed E-state index contributed by atoms with van der Waals surface area (Å²) in [6.45, 7) is 4.54. The first-order chi connectivity index (χ1) is 8.29. The van der Waals surface area contributed by atoms with Crippen LogP contribution >= 0.6 is 0 Å². The zero-order chi connectivity index (χ0) is 13.8. The summed E-state index contributed by atoms with van der Waals surface area (Å²) in [6.07, 6.45) is -1.47. The van der Waals surface area contributed by atoms with Gasteiger partial charge < -0.3 is 10.5 Å². The summed E-state index contributed by atoms with van der Waals surface area (Å²) in [5.74, 6) is 0.619. The number of hydrogen-bond donors (Lipinski definition) is 1. The van der Waals surface area contributed by atoms with Crippen molar-refractivity contribution in [1.82, 2.24) is 0 Å². The van der Waals surface area contributed by atoms with Gasteiger partial charge in [0.1, 0.15) is 0 Å². The molecule has 1 aliphatic rings. The van der Waals surface area contributed by atoms with Crippen molar-refractivity contribution in [3.05, 3.63) is 0 Å². The number of nitrogens with two attached hydrogens (primary N) is 1. The minimum Gasteiger partial charge on any atom is -0.374 e. The molecule has 0 spiro atoms. The summed E-state index contributed by atoms with van der Waals surface area (Å²) in [6, 6.07) is -0.522. The smallest absolute Gasteiger partial charge is 0.374 e. The highest BCUT2D eigenvalue weighted by Gasteiger charge is 2.41. The lowest BCUT2D eigenvalue weighted by Gasteiger charge is -2.43. The zero-order valence-electron chi connectivity index (χ0n) is 11.2. The minimum absolute atomic E-state index is 0.0438. The molecule has 108 valence electrons. The Hall–Kier alpha value is -0.290. The van der Waals surface area contributed by atoms with Crippen LogP contribution in [0.25, 0.3) is 0 Å². The monoisotopic (exact) mass is 267 g/mol. The van der Waals surface area contributed by atoms with Gasteiger partial charge in [-0.25, -0.2) is 0 Å². The van der Waals surface area contributed by atoms with E-state index in [2.05, 4.69) is 6.92 Å². The van der Waals surface area contributed by atoms with Crippen molar-refractivity contribution in [3.63, 3.8) is 0 Å². The van der Waals surface area contributed by atoms with Crippen LogP contribution in [0.1, 0.15) is 52.4 Å². The average molecular weight is 267 g/mol. The Morgan fingerprint density at radius 1 is 1.33 bits per heavy atom. The molecule has 1 rings (SSSR count). The van der Waals surface area contributed by atoms with Gasteiger partial charge in [0.15, 0.2) is 0 Å². The van der Waals surface area contributed by atoms with Gasteiger partial charge in [-0.15, -0.1) is 0 Å². The molecule has 0 radical (unpaired) electrons. The van der Waals surface area contributed by atoms with Gasteiger partial charge in [-0.05, 0) is 44.9 Å². The summed E-state index contributed by atoms with van der Waals surface area (Å²) < 4.78 is 42.5. The molecular weight excluding hydrogens is 243 g/mol. The van der Waals surface area contributed by atoms with E-state index < -0.39 is 24.2 Å². The predicted octanol–water partition coefficient (Wildman–Crippen LogP) is 3.64. The summed E-state index contributed by atoms with van der Waals surface area (Å²) in [4.78, 5) is 0. The predicted molar refractivity (Wildman–Crippen MR) is 65.3 cm³/mol. The molecule has 1 aliphatic carbocycles. The molecule has 0 bridgehead atoms. The maximum absolute atomic E-state index is 12.3. The van der Waals surface area contributed by atoms with E-state index in [4.69, 9.17) is 10.5 Å². The van der Waals surface area contributed by atoms with Crippen molar-refractivity contribution in [1.29, 1.82) is 0 Å². The van der Waals surface area contributed by atoms with Crippen LogP contribution in [0.3, 0.4) is 0 Å². The van der Waals surface area contributed by atoms with Crippen molar-refractivity contribution >= 4 is 0 Å². The van der Waals surface area contributed by atoms with E-state index in [0.29, 0.717) is 12.5 Å². The van der Waals surface area contributed by atoms with Crippen LogP contribution in [0, 0.1) is 5.92 Å². The molecule has 5 heteroatoms. The zero-order valence-corrected chi connectivity index (χ0v) is 11.2. The van der Waals surface area contributed by atoms with Crippen LogP contribution in [0.4, 0.5) is 13.2 Å². The van der Waals surface area contributed by atoms with Crippen LogP contribution in [0.5, 0.6) is 0 Å². The molecule has 0 amide bonds. The maximum Gasteiger partial charge on any atom is 0.389 e. The Bertz CT molecular complexity index is 247. The molecule has 18 heavy (non-hydrogen) atoms. The molecule has 1 saturated carbocycles. The van der Waals surface area contributed by atoms with Crippen LogP contribution < -0.4 is 5.73 Å². The lowest BCUT2D eigenvalue weighted by molar-refractivity contribution is -0.144. The fourth-order valence-corrected chi connectivity index (χ4v) is 2.74. The van der Waals surface area contributed by atoms with E-state index in [0.717, 1.165) is 25.7 Å². The first-order valence-electron chi connectivity index (χ1n) is 6.75. The van der Waals surface area contributed by atoms with Gasteiger partial charge in [-0.3, -0.25) is 0 Å². The van der Waals surface area contributed by atoms with Gasteiger partial charge in [0.2, 0.25) is 0 Å². The summed E-state index contributed by atoms with van der Waals surface area (Å²) in [7, 11) is 0. The van der Waals surface area contributed by atoms with E-state index in [1.165, 1.54) is 0 Å². The van der Waals surface area contributed by atoms with Gasteiger partial charge >= 0.3 is 6.18 Å². The molecule has 1 unspecified atom stereocenters. The van der Waals surface area contributed by atoms with E-state index >= 15 is 0 Å². The molecular formula is C13H24F3NO. The van der Waals surface area contributed by atoms with E-state index in [9.17, 15) is 13.2 Å². The lowest BCUT2D eigenvalue weighted by atomic mass is 9.74. The topological polar surface area (TPSA) is 35.2 Å². The standard InChI is InChI=1S/C13H24F3NO/c1-3-18-12(7-4-10(2)5-8-12)11(17)6-9-13(14,15)16/h10-11H,3-9,17H2,1-2H3. The third kappa shape index (κ3) is 4.43. The maximum atomic E-state index is 12.3. The molecule has 1 fully saturated rings. The molecule has 0 aromatic carbocycles. The third-order valence-corrected chi connectivity index (χ3v) is 3.97. The van der Waals surface area contributed by atoms with Gasteiger partial charge in [-0.2, -0.15) is 13.2 Å². The second kappa shape index (κ2) is 6.24. The van der Waals surface area contributed by atoms with Crippen molar-refractivity contribution in [3.8, 4) is 0 Å². The van der Waals surface area contributed by atoms with Gasteiger partial charge in [0, 0.05) is 19.1 Å². The second-order valence-corrected chi connectivity index (χ2v) is 5.44. The molecule has 0 aromatic rings. The quantitative estimate of drug-likeness (QED) is 0.825. The number of hydrogen-bond acceptors (Lipinski definition) is 2.